The van der Waals surface area contributed by atoms with Crippen LogP contribution in [0.4, 0.5) is 0 Å². The van der Waals surface area contributed by atoms with Crippen molar-refractivity contribution in [2.24, 2.45) is 0 Å². The maximum Gasteiger partial charge on any atom is 0.250 e. The number of nitrogens with zero attached hydrogens (tertiary/aromatic N) is 4. The van der Waals surface area contributed by atoms with Gasteiger partial charge in [-0.05, 0) is 47.5 Å². The number of aryl methyl sites for hydroxylation is 2. The topological polar surface area (TPSA) is 52.8 Å². The molecule has 0 amide bonds. The minimum absolute atomic E-state index is 0.465. The van der Waals surface area contributed by atoms with Gasteiger partial charge < -0.3 is 9.30 Å². The fourth-order valence-electron chi connectivity index (χ4n) is 1.96. The first-order chi connectivity index (χ1) is 9.69. The highest BCUT2D eigenvalue weighted by atomic mass is 79.9. The van der Waals surface area contributed by atoms with Crippen molar-refractivity contribution in [3.8, 4) is 11.6 Å². The molecule has 1 aromatic carbocycles. The van der Waals surface area contributed by atoms with Crippen LogP contribution in [0.1, 0.15) is 12.5 Å². The molecule has 102 valence electrons. The van der Waals surface area contributed by atoms with Crippen molar-refractivity contribution in [3.05, 3.63) is 40.9 Å². The quantitative estimate of drug-likeness (QED) is 0.733. The first-order valence-corrected chi connectivity index (χ1v) is 7.08. The number of imidazole rings is 1. The molecule has 0 saturated heterocycles. The zero-order valence-corrected chi connectivity index (χ0v) is 12.8. The van der Waals surface area contributed by atoms with Gasteiger partial charge in [-0.15, -0.1) is 0 Å². The molecule has 0 fully saturated rings. The summed E-state index contributed by atoms with van der Waals surface area (Å²) in [5, 5.41) is 0. The summed E-state index contributed by atoms with van der Waals surface area (Å²) in [6.07, 6.45) is 3.24. The number of aromatic nitrogens is 4. The van der Waals surface area contributed by atoms with Crippen LogP contribution in [-0.4, -0.2) is 19.5 Å². The molecular formula is C14H13BrN4O. The van der Waals surface area contributed by atoms with Crippen molar-refractivity contribution < 1.29 is 4.74 Å². The third-order valence-corrected chi connectivity index (χ3v) is 3.62. The lowest BCUT2D eigenvalue weighted by Crippen LogP contribution is -1.96. The molecule has 6 heteroatoms. The van der Waals surface area contributed by atoms with Gasteiger partial charge in [0.15, 0.2) is 11.2 Å². The standard InChI is InChI=1S/C14H13BrN4O/c1-3-19-8-18-12-13(19)16-7-17-14(12)20-11-5-4-9(2)6-10(11)15/h4-8H,3H2,1-2H3. The Labute approximate surface area is 124 Å². The van der Waals surface area contributed by atoms with Gasteiger partial charge in [-0.2, -0.15) is 4.98 Å². The number of hydrogen-bond acceptors (Lipinski definition) is 4. The highest BCUT2D eigenvalue weighted by Gasteiger charge is 2.12. The summed E-state index contributed by atoms with van der Waals surface area (Å²) in [6, 6.07) is 5.89. The van der Waals surface area contributed by atoms with Gasteiger partial charge in [-0.3, -0.25) is 0 Å². The van der Waals surface area contributed by atoms with Crippen molar-refractivity contribution >= 4 is 27.1 Å². The molecule has 0 aliphatic carbocycles. The summed E-state index contributed by atoms with van der Waals surface area (Å²) in [6.45, 7) is 4.88. The highest BCUT2D eigenvalue weighted by molar-refractivity contribution is 9.10. The SMILES string of the molecule is CCn1cnc2c(Oc3ccc(C)cc3Br)ncnc21. The molecular weight excluding hydrogens is 320 g/mol. The van der Waals surface area contributed by atoms with Gasteiger partial charge in [0.2, 0.25) is 0 Å². The van der Waals surface area contributed by atoms with Gasteiger partial charge >= 0.3 is 0 Å². The molecule has 5 nitrogen and oxygen atoms in total. The number of hydrogen-bond donors (Lipinski definition) is 0. The van der Waals surface area contributed by atoms with E-state index < -0.39 is 0 Å². The van der Waals surface area contributed by atoms with Crippen molar-refractivity contribution in [2.45, 2.75) is 20.4 Å². The average Bonchev–Trinajstić information content (AvgIpc) is 2.86. The number of fused-ring (bicyclic) bond motifs is 1. The van der Waals surface area contributed by atoms with Crippen LogP contribution >= 0.6 is 15.9 Å². The van der Waals surface area contributed by atoms with Crippen LogP contribution in [0.3, 0.4) is 0 Å². The zero-order valence-electron chi connectivity index (χ0n) is 11.2. The van der Waals surface area contributed by atoms with Crippen LogP contribution in [0.5, 0.6) is 11.6 Å². The lowest BCUT2D eigenvalue weighted by atomic mass is 10.2. The molecule has 0 radical (unpaired) electrons. The largest absolute Gasteiger partial charge is 0.436 e. The van der Waals surface area contributed by atoms with Crippen LogP contribution in [-0.2, 0) is 6.54 Å². The second-order valence-corrected chi connectivity index (χ2v) is 5.27. The Kier molecular flexibility index (Phi) is 3.40. The fourth-order valence-corrected chi connectivity index (χ4v) is 2.53. The Balaban J connectivity index is 2.04. The first-order valence-electron chi connectivity index (χ1n) is 6.29. The zero-order chi connectivity index (χ0) is 14.1. The minimum Gasteiger partial charge on any atom is -0.436 e. The lowest BCUT2D eigenvalue weighted by Gasteiger charge is -2.07. The normalized spacial score (nSPS) is 10.9. The van der Waals surface area contributed by atoms with E-state index in [1.54, 1.807) is 6.33 Å². The second-order valence-electron chi connectivity index (χ2n) is 4.42. The van der Waals surface area contributed by atoms with E-state index in [0.29, 0.717) is 17.1 Å². The van der Waals surface area contributed by atoms with Gasteiger partial charge in [0.1, 0.15) is 12.1 Å². The van der Waals surface area contributed by atoms with Crippen LogP contribution in [0.25, 0.3) is 11.2 Å². The van der Waals surface area contributed by atoms with E-state index in [4.69, 9.17) is 4.74 Å². The van der Waals surface area contributed by atoms with Crippen molar-refractivity contribution in [1.82, 2.24) is 19.5 Å². The predicted molar refractivity (Wildman–Crippen MR) is 80.0 cm³/mol. The summed E-state index contributed by atoms with van der Waals surface area (Å²) in [5.41, 5.74) is 2.61. The Morgan fingerprint density at radius 2 is 2.10 bits per heavy atom. The minimum atomic E-state index is 0.465. The van der Waals surface area contributed by atoms with Crippen molar-refractivity contribution in [3.63, 3.8) is 0 Å². The van der Waals surface area contributed by atoms with Crippen molar-refractivity contribution in [2.75, 3.05) is 0 Å². The maximum atomic E-state index is 5.86. The van der Waals surface area contributed by atoms with Crippen LogP contribution in [0.15, 0.2) is 35.3 Å². The Bertz CT molecular complexity index is 769. The fraction of sp³-hybridized carbons (Fsp3) is 0.214. The summed E-state index contributed by atoms with van der Waals surface area (Å²) < 4.78 is 8.70. The molecule has 0 bridgehead atoms. The summed E-state index contributed by atoms with van der Waals surface area (Å²) >= 11 is 3.49. The Hall–Kier alpha value is -1.95. The van der Waals surface area contributed by atoms with E-state index in [2.05, 4.69) is 30.9 Å². The van der Waals surface area contributed by atoms with E-state index in [1.165, 1.54) is 6.33 Å². The van der Waals surface area contributed by atoms with E-state index in [0.717, 1.165) is 22.2 Å². The van der Waals surface area contributed by atoms with Crippen LogP contribution in [0.2, 0.25) is 0 Å². The third-order valence-electron chi connectivity index (χ3n) is 3.00. The van der Waals surface area contributed by atoms with Gasteiger partial charge in [-0.1, -0.05) is 6.07 Å². The second kappa shape index (κ2) is 5.20. The van der Waals surface area contributed by atoms with Crippen LogP contribution < -0.4 is 4.74 Å². The molecule has 2 aromatic heterocycles. The molecule has 0 atom stereocenters. The number of benzene rings is 1. The van der Waals surface area contributed by atoms with Gasteiger partial charge in [0.05, 0.1) is 10.8 Å². The summed E-state index contributed by atoms with van der Waals surface area (Å²) in [4.78, 5) is 12.8. The molecule has 3 aromatic rings. The number of ether oxygens (including phenoxy) is 1. The maximum absolute atomic E-state index is 5.86. The molecule has 0 saturated carbocycles. The molecule has 0 unspecified atom stereocenters. The monoisotopic (exact) mass is 332 g/mol. The van der Waals surface area contributed by atoms with Crippen LogP contribution in [0, 0.1) is 6.92 Å². The number of halogens is 1. The van der Waals surface area contributed by atoms with E-state index in [9.17, 15) is 0 Å². The van der Waals surface area contributed by atoms with E-state index in [-0.39, 0.29) is 0 Å². The van der Waals surface area contributed by atoms with Gasteiger partial charge in [0, 0.05) is 6.54 Å². The third kappa shape index (κ3) is 2.27. The van der Waals surface area contributed by atoms with Gasteiger partial charge in [-0.25, -0.2) is 9.97 Å². The summed E-state index contributed by atoms with van der Waals surface area (Å²) in [5.74, 6) is 1.17. The summed E-state index contributed by atoms with van der Waals surface area (Å²) in [7, 11) is 0. The Morgan fingerprint density at radius 1 is 1.25 bits per heavy atom. The van der Waals surface area contributed by atoms with Gasteiger partial charge in [0.25, 0.3) is 5.88 Å². The molecule has 20 heavy (non-hydrogen) atoms. The predicted octanol–water partition coefficient (Wildman–Crippen LogP) is 3.71. The van der Waals surface area contributed by atoms with E-state index >= 15 is 0 Å². The Morgan fingerprint density at radius 3 is 2.85 bits per heavy atom. The highest BCUT2D eigenvalue weighted by Crippen LogP contribution is 2.31. The van der Waals surface area contributed by atoms with Crippen molar-refractivity contribution in [1.29, 1.82) is 0 Å². The van der Waals surface area contributed by atoms with E-state index in [1.807, 2.05) is 36.6 Å². The molecule has 0 aliphatic heterocycles. The molecule has 0 spiro atoms. The smallest absolute Gasteiger partial charge is 0.250 e. The molecule has 2 heterocycles. The molecule has 0 aliphatic rings. The lowest BCUT2D eigenvalue weighted by molar-refractivity contribution is 0.464. The average molecular weight is 333 g/mol. The molecule has 3 rings (SSSR count). The number of rotatable bonds is 3. The first kappa shape index (κ1) is 13.1. The molecule has 0 N–H and O–H groups in total.